The van der Waals surface area contributed by atoms with Gasteiger partial charge in [-0.1, -0.05) is 18.2 Å². The molecule has 0 amide bonds. The summed E-state index contributed by atoms with van der Waals surface area (Å²) in [5.74, 6) is 1.69. The van der Waals surface area contributed by atoms with Crippen molar-refractivity contribution >= 4 is 11.9 Å². The molecule has 0 atom stereocenters. The summed E-state index contributed by atoms with van der Waals surface area (Å²) in [6.07, 6.45) is 1.29. The van der Waals surface area contributed by atoms with E-state index < -0.39 is 0 Å². The van der Waals surface area contributed by atoms with E-state index in [2.05, 4.69) is 0 Å². The lowest BCUT2D eigenvalue weighted by Crippen LogP contribution is -1.78. The normalized spacial score (nSPS) is 8.50. The van der Waals surface area contributed by atoms with Crippen molar-refractivity contribution < 1.29 is 4.39 Å². The first-order valence-electron chi connectivity index (χ1n) is 2.84. The van der Waals surface area contributed by atoms with E-state index in [1.807, 2.05) is 5.87 Å². The molecule has 0 aromatic heterocycles. The highest BCUT2D eigenvalue weighted by atomic mass is 19.1. The number of rotatable bonds is 1. The SMILES string of the molecule is N=C=Cc1ccccc1F. The summed E-state index contributed by atoms with van der Waals surface area (Å²) in [6, 6.07) is 6.27. The fraction of sp³-hybridized carbons (Fsp3) is 0. The summed E-state index contributed by atoms with van der Waals surface area (Å²) in [5.41, 5.74) is 0.400. The van der Waals surface area contributed by atoms with Gasteiger partial charge >= 0.3 is 0 Å². The lowest BCUT2D eigenvalue weighted by Gasteiger charge is -1.90. The van der Waals surface area contributed by atoms with Crippen LogP contribution in [0.2, 0.25) is 0 Å². The molecule has 1 N–H and O–H groups in total. The minimum Gasteiger partial charge on any atom is -0.259 e. The van der Waals surface area contributed by atoms with Crippen LogP contribution in [0, 0.1) is 11.2 Å². The zero-order valence-corrected chi connectivity index (χ0v) is 5.26. The standard InChI is InChI=1S/C8H6FN/c9-8-4-2-1-3-7(8)5-6-10/h1-5,10H. The molecular weight excluding hydrogens is 129 g/mol. The molecule has 2 heteroatoms. The van der Waals surface area contributed by atoms with Crippen LogP contribution in [0.25, 0.3) is 6.08 Å². The molecule has 1 rings (SSSR count). The number of halogens is 1. The number of nitrogens with one attached hydrogen (secondary N) is 1. The van der Waals surface area contributed by atoms with Gasteiger partial charge in [0.05, 0.1) is 0 Å². The number of hydrogen-bond acceptors (Lipinski definition) is 1. The minimum absolute atomic E-state index is 0.317. The van der Waals surface area contributed by atoms with Gasteiger partial charge in [0.1, 0.15) is 5.82 Å². The quantitative estimate of drug-likeness (QED) is 0.570. The Morgan fingerprint density at radius 2 is 2.10 bits per heavy atom. The molecule has 1 aromatic rings. The van der Waals surface area contributed by atoms with Crippen LogP contribution in [-0.2, 0) is 0 Å². The van der Waals surface area contributed by atoms with Crippen molar-refractivity contribution in [1.29, 1.82) is 5.41 Å². The lowest BCUT2D eigenvalue weighted by molar-refractivity contribution is 0.625. The first-order chi connectivity index (χ1) is 4.84. The monoisotopic (exact) mass is 135 g/mol. The fourth-order valence-corrected chi connectivity index (χ4v) is 0.670. The molecule has 1 nitrogen and oxygen atoms in total. The average Bonchev–Trinajstić information content (AvgIpc) is 1.94. The summed E-state index contributed by atoms with van der Waals surface area (Å²) in [6.45, 7) is 0. The lowest BCUT2D eigenvalue weighted by atomic mass is 10.2. The van der Waals surface area contributed by atoms with E-state index in [4.69, 9.17) is 5.41 Å². The van der Waals surface area contributed by atoms with Gasteiger partial charge in [0.2, 0.25) is 0 Å². The van der Waals surface area contributed by atoms with Crippen molar-refractivity contribution in [3.63, 3.8) is 0 Å². The van der Waals surface area contributed by atoms with Crippen LogP contribution in [0.15, 0.2) is 24.3 Å². The van der Waals surface area contributed by atoms with E-state index in [1.165, 1.54) is 12.1 Å². The fourth-order valence-electron chi connectivity index (χ4n) is 0.670. The van der Waals surface area contributed by atoms with Gasteiger partial charge in [0.25, 0.3) is 0 Å². The summed E-state index contributed by atoms with van der Waals surface area (Å²) >= 11 is 0. The van der Waals surface area contributed by atoms with Crippen molar-refractivity contribution in [1.82, 2.24) is 0 Å². The Balaban J connectivity index is 3.14. The number of hydrogen-bond donors (Lipinski definition) is 1. The highest BCUT2D eigenvalue weighted by Gasteiger charge is 1.92. The molecule has 0 bridgehead atoms. The minimum atomic E-state index is -0.317. The van der Waals surface area contributed by atoms with Gasteiger partial charge in [0, 0.05) is 11.6 Å². The third-order valence-corrected chi connectivity index (χ3v) is 1.13. The third-order valence-electron chi connectivity index (χ3n) is 1.13. The molecule has 0 unspecified atom stereocenters. The Kier molecular flexibility index (Phi) is 1.98. The Morgan fingerprint density at radius 3 is 2.70 bits per heavy atom. The molecule has 0 heterocycles. The molecule has 0 spiro atoms. The van der Waals surface area contributed by atoms with Gasteiger partial charge in [-0.15, -0.1) is 0 Å². The Bertz CT molecular complexity index is 274. The first kappa shape index (κ1) is 6.72. The van der Waals surface area contributed by atoms with E-state index in [-0.39, 0.29) is 5.82 Å². The highest BCUT2D eigenvalue weighted by molar-refractivity contribution is 5.75. The average molecular weight is 135 g/mol. The second-order valence-electron chi connectivity index (χ2n) is 1.81. The molecule has 0 aliphatic carbocycles. The smallest absolute Gasteiger partial charge is 0.131 e. The van der Waals surface area contributed by atoms with Crippen LogP contribution in [-0.4, -0.2) is 5.87 Å². The highest BCUT2D eigenvalue weighted by Crippen LogP contribution is 2.05. The molecule has 0 aliphatic heterocycles. The van der Waals surface area contributed by atoms with Crippen molar-refractivity contribution in [3.05, 3.63) is 35.6 Å². The van der Waals surface area contributed by atoms with Crippen LogP contribution >= 0.6 is 0 Å². The van der Waals surface area contributed by atoms with E-state index in [1.54, 1.807) is 18.2 Å². The molecular formula is C8H6FN. The predicted molar refractivity (Wildman–Crippen MR) is 38.6 cm³/mol. The predicted octanol–water partition coefficient (Wildman–Crippen LogP) is 2.09. The Morgan fingerprint density at radius 1 is 1.40 bits per heavy atom. The van der Waals surface area contributed by atoms with E-state index >= 15 is 0 Å². The number of benzene rings is 1. The van der Waals surface area contributed by atoms with E-state index in [0.29, 0.717) is 5.56 Å². The van der Waals surface area contributed by atoms with Gasteiger partial charge in [0.15, 0.2) is 0 Å². The second-order valence-corrected chi connectivity index (χ2v) is 1.81. The van der Waals surface area contributed by atoms with E-state index in [0.717, 1.165) is 0 Å². The molecule has 0 aliphatic rings. The van der Waals surface area contributed by atoms with Crippen molar-refractivity contribution in [2.45, 2.75) is 0 Å². The topological polar surface area (TPSA) is 23.9 Å². The molecule has 0 saturated heterocycles. The van der Waals surface area contributed by atoms with Gasteiger partial charge in [-0.25, -0.2) is 4.39 Å². The summed E-state index contributed by atoms with van der Waals surface area (Å²) in [5, 5.41) is 6.56. The second kappa shape index (κ2) is 2.95. The summed E-state index contributed by atoms with van der Waals surface area (Å²) in [4.78, 5) is 0. The molecule has 0 saturated carbocycles. The third kappa shape index (κ3) is 1.30. The molecule has 1 aromatic carbocycles. The van der Waals surface area contributed by atoms with Crippen molar-refractivity contribution in [3.8, 4) is 0 Å². The van der Waals surface area contributed by atoms with E-state index in [9.17, 15) is 4.39 Å². The maximum Gasteiger partial charge on any atom is 0.131 e. The van der Waals surface area contributed by atoms with Crippen LogP contribution in [0.4, 0.5) is 4.39 Å². The zero-order chi connectivity index (χ0) is 7.40. The summed E-state index contributed by atoms with van der Waals surface area (Å²) in [7, 11) is 0. The van der Waals surface area contributed by atoms with Gasteiger partial charge < -0.3 is 0 Å². The van der Waals surface area contributed by atoms with Crippen LogP contribution in [0.5, 0.6) is 0 Å². The Labute approximate surface area is 58.3 Å². The molecule has 0 fully saturated rings. The van der Waals surface area contributed by atoms with Crippen molar-refractivity contribution in [2.75, 3.05) is 0 Å². The Hall–Kier alpha value is -1.40. The largest absolute Gasteiger partial charge is 0.259 e. The first-order valence-corrected chi connectivity index (χ1v) is 2.84. The van der Waals surface area contributed by atoms with Crippen LogP contribution in [0.1, 0.15) is 5.56 Å². The maximum atomic E-state index is 12.6. The summed E-state index contributed by atoms with van der Waals surface area (Å²) < 4.78 is 12.6. The molecule has 50 valence electrons. The maximum absolute atomic E-state index is 12.6. The van der Waals surface area contributed by atoms with Gasteiger partial charge in [-0.2, -0.15) is 0 Å². The van der Waals surface area contributed by atoms with Gasteiger partial charge in [-0.05, 0) is 11.9 Å². The van der Waals surface area contributed by atoms with Crippen LogP contribution < -0.4 is 0 Å². The van der Waals surface area contributed by atoms with Gasteiger partial charge in [-0.3, -0.25) is 5.41 Å². The zero-order valence-electron chi connectivity index (χ0n) is 5.26. The molecule has 0 radical (unpaired) electrons. The molecule has 10 heavy (non-hydrogen) atoms. The van der Waals surface area contributed by atoms with Crippen LogP contribution in [0.3, 0.4) is 0 Å². The van der Waals surface area contributed by atoms with Crippen molar-refractivity contribution in [2.24, 2.45) is 0 Å².